The van der Waals surface area contributed by atoms with Gasteiger partial charge in [0, 0.05) is 12.5 Å². The molecule has 0 amide bonds. The maximum absolute atomic E-state index is 8.88. The van der Waals surface area contributed by atoms with Crippen LogP contribution in [0.4, 0.5) is 0 Å². The zero-order chi connectivity index (χ0) is 8.97. The molecule has 2 nitrogen and oxygen atoms in total. The summed E-state index contributed by atoms with van der Waals surface area (Å²) in [7, 11) is 1.64. The lowest BCUT2D eigenvalue weighted by atomic mass is 10.0. The molecule has 66 valence electrons. The average Bonchev–Trinajstić information content (AvgIpc) is 2.17. The van der Waals surface area contributed by atoms with Crippen molar-refractivity contribution in [3.8, 4) is 5.75 Å². The summed E-state index contributed by atoms with van der Waals surface area (Å²) in [6.07, 6.45) is 0. The Morgan fingerprint density at radius 2 is 1.92 bits per heavy atom. The van der Waals surface area contributed by atoms with Crippen molar-refractivity contribution in [3.63, 3.8) is 0 Å². The van der Waals surface area contributed by atoms with Crippen molar-refractivity contribution in [2.75, 3.05) is 13.7 Å². The molecule has 1 aromatic rings. The van der Waals surface area contributed by atoms with Crippen LogP contribution in [0.1, 0.15) is 18.4 Å². The van der Waals surface area contributed by atoms with Crippen molar-refractivity contribution in [2.45, 2.75) is 12.8 Å². The maximum atomic E-state index is 8.88. The van der Waals surface area contributed by atoms with Gasteiger partial charge in [-0.05, 0) is 17.7 Å². The van der Waals surface area contributed by atoms with Crippen molar-refractivity contribution >= 4 is 0 Å². The molecule has 0 bridgehead atoms. The summed E-state index contributed by atoms with van der Waals surface area (Å²) >= 11 is 0. The fourth-order valence-corrected chi connectivity index (χ4v) is 1.04. The summed E-state index contributed by atoms with van der Waals surface area (Å²) in [5, 5.41) is 8.88. The fraction of sp³-hybridized carbons (Fsp3) is 0.400. The molecule has 12 heavy (non-hydrogen) atoms. The molecule has 0 aliphatic heterocycles. The van der Waals surface area contributed by atoms with Crippen molar-refractivity contribution in [2.24, 2.45) is 0 Å². The van der Waals surface area contributed by atoms with Crippen LogP contribution in [0.2, 0.25) is 0 Å². The standard InChI is InChI=1S/C10H14O2/c1-8(7-11)9-3-5-10(12-2)6-4-9/h3-6,8,11H,7H2,1-2H3/t8-/m0/s1. The first-order valence-corrected chi connectivity index (χ1v) is 4.02. The van der Waals surface area contributed by atoms with Gasteiger partial charge >= 0.3 is 0 Å². The molecule has 1 N–H and O–H groups in total. The maximum Gasteiger partial charge on any atom is 0.118 e. The number of aliphatic hydroxyl groups is 1. The van der Waals surface area contributed by atoms with E-state index in [0.29, 0.717) is 0 Å². The van der Waals surface area contributed by atoms with Gasteiger partial charge < -0.3 is 9.84 Å². The first-order valence-electron chi connectivity index (χ1n) is 4.02. The SMILES string of the molecule is COc1ccc([C@@H](C)CO)cc1. The van der Waals surface area contributed by atoms with Gasteiger partial charge in [-0.25, -0.2) is 0 Å². The lowest BCUT2D eigenvalue weighted by molar-refractivity contribution is 0.273. The first-order chi connectivity index (χ1) is 5.77. The number of hydrogen-bond donors (Lipinski definition) is 1. The van der Waals surface area contributed by atoms with Crippen LogP contribution in [-0.2, 0) is 0 Å². The van der Waals surface area contributed by atoms with E-state index in [2.05, 4.69) is 0 Å². The second-order valence-electron chi connectivity index (χ2n) is 2.86. The van der Waals surface area contributed by atoms with Crippen LogP contribution < -0.4 is 4.74 Å². The quantitative estimate of drug-likeness (QED) is 0.741. The van der Waals surface area contributed by atoms with Crippen LogP contribution >= 0.6 is 0 Å². The lowest BCUT2D eigenvalue weighted by Gasteiger charge is -2.08. The Bertz CT molecular complexity index is 228. The van der Waals surface area contributed by atoms with E-state index in [9.17, 15) is 0 Å². The number of methoxy groups -OCH3 is 1. The molecule has 0 fully saturated rings. The molecule has 0 radical (unpaired) electrons. The number of benzene rings is 1. The Hall–Kier alpha value is -1.02. The van der Waals surface area contributed by atoms with Crippen molar-refractivity contribution < 1.29 is 9.84 Å². The van der Waals surface area contributed by atoms with Gasteiger partial charge in [-0.15, -0.1) is 0 Å². The smallest absolute Gasteiger partial charge is 0.118 e. The van der Waals surface area contributed by atoms with Crippen LogP contribution in [0.15, 0.2) is 24.3 Å². The highest BCUT2D eigenvalue weighted by Crippen LogP contribution is 2.18. The van der Waals surface area contributed by atoms with E-state index in [0.717, 1.165) is 11.3 Å². The molecule has 0 spiro atoms. The zero-order valence-corrected chi connectivity index (χ0v) is 7.45. The van der Waals surface area contributed by atoms with Gasteiger partial charge in [0.05, 0.1) is 7.11 Å². The molecule has 0 saturated heterocycles. The highest BCUT2D eigenvalue weighted by molar-refractivity contribution is 5.28. The van der Waals surface area contributed by atoms with Crippen molar-refractivity contribution in [1.82, 2.24) is 0 Å². The summed E-state index contributed by atoms with van der Waals surface area (Å²) < 4.78 is 5.02. The molecule has 1 aromatic carbocycles. The Labute approximate surface area is 72.8 Å². The van der Waals surface area contributed by atoms with Gasteiger partial charge in [-0.3, -0.25) is 0 Å². The molecular formula is C10H14O2. The van der Waals surface area contributed by atoms with E-state index >= 15 is 0 Å². The lowest BCUT2D eigenvalue weighted by Crippen LogP contribution is -1.98. The minimum Gasteiger partial charge on any atom is -0.497 e. The Balaban J connectivity index is 2.77. The Kier molecular flexibility index (Phi) is 3.11. The molecule has 1 atom stereocenters. The molecule has 0 aliphatic rings. The Morgan fingerprint density at radius 3 is 2.33 bits per heavy atom. The summed E-state index contributed by atoms with van der Waals surface area (Å²) in [4.78, 5) is 0. The van der Waals surface area contributed by atoms with Crippen LogP contribution in [0.3, 0.4) is 0 Å². The van der Waals surface area contributed by atoms with E-state index < -0.39 is 0 Å². The monoisotopic (exact) mass is 166 g/mol. The van der Waals surface area contributed by atoms with E-state index in [1.807, 2.05) is 31.2 Å². The summed E-state index contributed by atoms with van der Waals surface area (Å²) in [5.41, 5.74) is 1.14. The highest BCUT2D eigenvalue weighted by Gasteiger charge is 2.02. The van der Waals surface area contributed by atoms with E-state index in [-0.39, 0.29) is 12.5 Å². The fourth-order valence-electron chi connectivity index (χ4n) is 1.04. The van der Waals surface area contributed by atoms with Crippen LogP contribution in [0.5, 0.6) is 5.75 Å². The number of aliphatic hydroxyl groups excluding tert-OH is 1. The van der Waals surface area contributed by atoms with Crippen molar-refractivity contribution in [3.05, 3.63) is 29.8 Å². The van der Waals surface area contributed by atoms with Gasteiger partial charge in [0.2, 0.25) is 0 Å². The number of rotatable bonds is 3. The molecular weight excluding hydrogens is 152 g/mol. The molecule has 0 unspecified atom stereocenters. The largest absolute Gasteiger partial charge is 0.497 e. The second kappa shape index (κ2) is 4.12. The molecule has 0 saturated carbocycles. The average molecular weight is 166 g/mol. The molecule has 0 aromatic heterocycles. The molecule has 1 rings (SSSR count). The zero-order valence-electron chi connectivity index (χ0n) is 7.45. The van der Waals surface area contributed by atoms with Gasteiger partial charge in [0.25, 0.3) is 0 Å². The van der Waals surface area contributed by atoms with Crippen LogP contribution in [0, 0.1) is 0 Å². The molecule has 2 heteroatoms. The predicted octanol–water partition coefficient (Wildman–Crippen LogP) is 1.79. The summed E-state index contributed by atoms with van der Waals surface area (Å²) in [6.45, 7) is 2.17. The third-order valence-corrected chi connectivity index (χ3v) is 1.96. The predicted molar refractivity (Wildman–Crippen MR) is 48.5 cm³/mol. The van der Waals surface area contributed by atoms with Gasteiger partial charge in [-0.1, -0.05) is 19.1 Å². The Morgan fingerprint density at radius 1 is 1.33 bits per heavy atom. The van der Waals surface area contributed by atoms with Gasteiger partial charge in [0.1, 0.15) is 5.75 Å². The number of ether oxygens (including phenoxy) is 1. The minimum atomic E-state index is 0.187. The van der Waals surface area contributed by atoms with Crippen LogP contribution in [-0.4, -0.2) is 18.8 Å². The van der Waals surface area contributed by atoms with Gasteiger partial charge in [0.15, 0.2) is 0 Å². The number of hydrogen-bond acceptors (Lipinski definition) is 2. The normalized spacial score (nSPS) is 12.6. The summed E-state index contributed by atoms with van der Waals surface area (Å²) in [6, 6.07) is 7.75. The molecule has 0 heterocycles. The van der Waals surface area contributed by atoms with Crippen molar-refractivity contribution in [1.29, 1.82) is 0 Å². The first kappa shape index (κ1) is 9.07. The summed E-state index contributed by atoms with van der Waals surface area (Å²) in [5.74, 6) is 1.06. The molecule has 0 aliphatic carbocycles. The topological polar surface area (TPSA) is 29.5 Å². The highest BCUT2D eigenvalue weighted by atomic mass is 16.5. The van der Waals surface area contributed by atoms with Crippen LogP contribution in [0.25, 0.3) is 0 Å². The van der Waals surface area contributed by atoms with E-state index in [1.54, 1.807) is 7.11 Å². The minimum absolute atomic E-state index is 0.187. The van der Waals surface area contributed by atoms with E-state index in [1.165, 1.54) is 0 Å². The van der Waals surface area contributed by atoms with Gasteiger partial charge in [-0.2, -0.15) is 0 Å². The third kappa shape index (κ3) is 1.98. The second-order valence-corrected chi connectivity index (χ2v) is 2.86. The third-order valence-electron chi connectivity index (χ3n) is 1.96. The van der Waals surface area contributed by atoms with E-state index in [4.69, 9.17) is 9.84 Å².